The molecule has 34 heavy (non-hydrogen) atoms. The number of halogens is 7. The molecule has 2 heterocycles. The summed E-state index contributed by atoms with van der Waals surface area (Å²) in [5.74, 6) is 0.00234. The number of sulfonamides is 1. The predicted molar refractivity (Wildman–Crippen MR) is 111 cm³/mol. The first-order valence-electron chi connectivity index (χ1n) is 9.49. The summed E-state index contributed by atoms with van der Waals surface area (Å²) in [5.41, 5.74) is -2.61. The maximum Gasteiger partial charge on any atom is 0.433 e. The van der Waals surface area contributed by atoms with Crippen molar-refractivity contribution in [2.24, 2.45) is 0 Å². The standard InChI is InChI=1S/C21H13ClF6N2O3S/c22-15-11-18-17(10-14(15)16-5-2-6-19(29-16)21(26,27)28)30(7-8-33-18)34(31,32)13-4-1-3-12(9-13)20(23,24)25/h1-6,9-11H,7-8H2. The van der Waals surface area contributed by atoms with Gasteiger partial charge in [0.2, 0.25) is 0 Å². The lowest BCUT2D eigenvalue weighted by molar-refractivity contribution is -0.141. The fourth-order valence-corrected chi connectivity index (χ4v) is 5.11. The second-order valence-corrected chi connectivity index (χ2v) is 9.43. The third kappa shape index (κ3) is 4.51. The van der Waals surface area contributed by atoms with Gasteiger partial charge in [0, 0.05) is 11.6 Å². The Morgan fingerprint density at radius 1 is 0.941 bits per heavy atom. The van der Waals surface area contributed by atoms with E-state index >= 15 is 0 Å². The number of anilines is 1. The minimum absolute atomic E-state index is 0.00234. The van der Waals surface area contributed by atoms with Crippen LogP contribution in [-0.4, -0.2) is 26.6 Å². The summed E-state index contributed by atoms with van der Waals surface area (Å²) in [5, 5.41) is -0.0520. The highest BCUT2D eigenvalue weighted by Gasteiger charge is 2.36. The van der Waals surface area contributed by atoms with Crippen molar-refractivity contribution in [1.82, 2.24) is 4.98 Å². The Hall–Kier alpha value is -2.99. The largest absolute Gasteiger partial charge is 0.489 e. The van der Waals surface area contributed by atoms with Gasteiger partial charge in [0.1, 0.15) is 18.1 Å². The molecule has 0 bridgehead atoms. The van der Waals surface area contributed by atoms with Crippen LogP contribution >= 0.6 is 11.6 Å². The molecular weight excluding hydrogens is 510 g/mol. The fourth-order valence-electron chi connectivity index (χ4n) is 3.36. The van der Waals surface area contributed by atoms with Crippen LogP contribution in [0.15, 0.2) is 59.5 Å². The van der Waals surface area contributed by atoms with Crippen molar-refractivity contribution in [3.63, 3.8) is 0 Å². The lowest BCUT2D eigenvalue weighted by Crippen LogP contribution is -2.38. The first-order chi connectivity index (χ1) is 15.8. The zero-order valence-corrected chi connectivity index (χ0v) is 18.4. The molecule has 0 spiro atoms. The number of fused-ring (bicyclic) bond motifs is 1. The van der Waals surface area contributed by atoms with E-state index in [0.717, 1.165) is 34.6 Å². The van der Waals surface area contributed by atoms with E-state index in [1.165, 1.54) is 18.2 Å². The van der Waals surface area contributed by atoms with Crippen molar-refractivity contribution in [3.8, 4) is 17.0 Å². The lowest BCUT2D eigenvalue weighted by Gasteiger charge is -2.31. The number of hydrogen-bond acceptors (Lipinski definition) is 4. The van der Waals surface area contributed by atoms with E-state index in [1.807, 2.05) is 0 Å². The molecular formula is C21H13ClF6N2O3S. The third-order valence-electron chi connectivity index (χ3n) is 4.93. The second-order valence-electron chi connectivity index (χ2n) is 7.16. The predicted octanol–water partition coefficient (Wildman–Crippen LogP) is 6.03. The molecule has 3 aromatic rings. The highest BCUT2D eigenvalue weighted by Crippen LogP contribution is 2.43. The molecule has 0 saturated heterocycles. The van der Waals surface area contributed by atoms with Crippen molar-refractivity contribution in [2.75, 3.05) is 17.5 Å². The molecule has 0 radical (unpaired) electrons. The maximum absolute atomic E-state index is 13.3. The zero-order valence-electron chi connectivity index (χ0n) is 16.8. The number of pyridine rings is 1. The highest BCUT2D eigenvalue weighted by atomic mass is 35.5. The summed E-state index contributed by atoms with van der Waals surface area (Å²) in [7, 11) is -4.49. The van der Waals surface area contributed by atoms with Gasteiger partial charge in [-0.2, -0.15) is 26.3 Å². The van der Waals surface area contributed by atoms with Crippen molar-refractivity contribution >= 4 is 27.3 Å². The van der Waals surface area contributed by atoms with Crippen LogP contribution in [0, 0.1) is 0 Å². The first-order valence-corrected chi connectivity index (χ1v) is 11.3. The van der Waals surface area contributed by atoms with E-state index in [2.05, 4.69) is 4.98 Å². The molecule has 180 valence electrons. The Morgan fingerprint density at radius 3 is 2.32 bits per heavy atom. The minimum atomic E-state index is -4.76. The van der Waals surface area contributed by atoms with Gasteiger partial charge in [0.15, 0.2) is 0 Å². The molecule has 5 nitrogen and oxygen atoms in total. The van der Waals surface area contributed by atoms with Gasteiger partial charge in [-0.15, -0.1) is 0 Å². The zero-order chi connectivity index (χ0) is 24.9. The van der Waals surface area contributed by atoms with Crippen LogP contribution in [0.2, 0.25) is 5.02 Å². The molecule has 4 rings (SSSR count). The van der Waals surface area contributed by atoms with Crippen LogP contribution < -0.4 is 9.04 Å². The third-order valence-corrected chi connectivity index (χ3v) is 7.06. The molecule has 2 aromatic carbocycles. The Morgan fingerprint density at radius 2 is 1.65 bits per heavy atom. The van der Waals surface area contributed by atoms with E-state index in [-0.39, 0.29) is 40.9 Å². The van der Waals surface area contributed by atoms with Gasteiger partial charge in [0.25, 0.3) is 10.0 Å². The molecule has 0 atom stereocenters. The molecule has 13 heteroatoms. The van der Waals surface area contributed by atoms with Gasteiger partial charge < -0.3 is 4.74 Å². The van der Waals surface area contributed by atoms with Crippen molar-refractivity contribution in [2.45, 2.75) is 17.2 Å². The van der Waals surface area contributed by atoms with E-state index in [0.29, 0.717) is 6.07 Å². The molecule has 0 fully saturated rings. The number of ether oxygens (including phenoxy) is 1. The summed E-state index contributed by atoms with van der Waals surface area (Å²) < 4.78 is 111. The number of hydrogen-bond donors (Lipinski definition) is 0. The normalized spacial score (nSPS) is 14.5. The van der Waals surface area contributed by atoms with Gasteiger partial charge in [0.05, 0.1) is 33.4 Å². The number of benzene rings is 2. The Balaban J connectivity index is 1.83. The average molecular weight is 523 g/mol. The van der Waals surface area contributed by atoms with Crippen molar-refractivity contribution in [3.05, 3.63) is 70.9 Å². The molecule has 0 amide bonds. The van der Waals surface area contributed by atoms with Gasteiger partial charge in [-0.05, 0) is 36.4 Å². The SMILES string of the molecule is O=S(=O)(c1cccc(C(F)(F)F)c1)N1CCOc2cc(Cl)c(-c3cccc(C(F)(F)F)n3)cc21. The van der Waals surface area contributed by atoms with Crippen LogP contribution in [0.4, 0.5) is 32.0 Å². The molecule has 1 aliphatic rings. The van der Waals surface area contributed by atoms with Crippen LogP contribution in [0.5, 0.6) is 5.75 Å². The Kier molecular flexibility index (Phi) is 5.93. The van der Waals surface area contributed by atoms with Crippen molar-refractivity contribution < 1.29 is 39.5 Å². The van der Waals surface area contributed by atoms with Gasteiger partial charge in [-0.3, -0.25) is 4.31 Å². The first kappa shape index (κ1) is 24.1. The Bertz CT molecular complexity index is 1360. The van der Waals surface area contributed by atoms with Gasteiger partial charge in [-0.1, -0.05) is 23.7 Å². The number of rotatable bonds is 3. The summed E-state index contributed by atoms with van der Waals surface area (Å²) in [6.45, 7) is -0.370. The topological polar surface area (TPSA) is 59.5 Å². The molecule has 0 N–H and O–H groups in total. The monoisotopic (exact) mass is 522 g/mol. The number of nitrogens with zero attached hydrogens (tertiary/aromatic N) is 2. The average Bonchev–Trinajstić information content (AvgIpc) is 2.77. The van der Waals surface area contributed by atoms with Crippen LogP contribution in [0.25, 0.3) is 11.3 Å². The lowest BCUT2D eigenvalue weighted by atomic mass is 10.1. The van der Waals surface area contributed by atoms with Gasteiger partial charge in [-0.25, -0.2) is 13.4 Å². The summed E-state index contributed by atoms with van der Waals surface area (Å²) in [4.78, 5) is 2.96. The van der Waals surface area contributed by atoms with Crippen LogP contribution in [-0.2, 0) is 22.4 Å². The van der Waals surface area contributed by atoms with Crippen molar-refractivity contribution in [1.29, 1.82) is 0 Å². The van der Waals surface area contributed by atoms with E-state index in [1.54, 1.807) is 0 Å². The van der Waals surface area contributed by atoms with E-state index in [4.69, 9.17) is 16.3 Å². The number of alkyl halides is 6. The summed E-state index contributed by atoms with van der Waals surface area (Å²) in [6, 6.07) is 8.80. The minimum Gasteiger partial charge on any atom is -0.489 e. The molecule has 0 aliphatic carbocycles. The van der Waals surface area contributed by atoms with Crippen LogP contribution in [0.3, 0.4) is 0 Å². The fraction of sp³-hybridized carbons (Fsp3) is 0.190. The maximum atomic E-state index is 13.3. The quantitative estimate of drug-likeness (QED) is 0.394. The molecule has 0 saturated carbocycles. The summed E-state index contributed by atoms with van der Waals surface area (Å²) in [6.07, 6.45) is -9.48. The van der Waals surface area contributed by atoms with E-state index < -0.39 is 38.5 Å². The molecule has 1 aromatic heterocycles. The highest BCUT2D eigenvalue weighted by molar-refractivity contribution is 7.92. The van der Waals surface area contributed by atoms with Crippen LogP contribution in [0.1, 0.15) is 11.3 Å². The summed E-state index contributed by atoms with van der Waals surface area (Å²) >= 11 is 6.22. The molecule has 1 aliphatic heterocycles. The van der Waals surface area contributed by atoms with E-state index in [9.17, 15) is 34.8 Å². The van der Waals surface area contributed by atoms with Gasteiger partial charge >= 0.3 is 12.4 Å². The Labute approximate surface area is 194 Å². The second kappa shape index (κ2) is 8.35. The number of aromatic nitrogens is 1. The molecule has 0 unspecified atom stereocenters. The smallest absolute Gasteiger partial charge is 0.433 e.